The van der Waals surface area contributed by atoms with E-state index >= 15 is 0 Å². The molecule has 0 atom stereocenters. The van der Waals surface area contributed by atoms with E-state index < -0.39 is 0 Å². The van der Waals surface area contributed by atoms with E-state index in [-0.39, 0.29) is 11.8 Å². The van der Waals surface area contributed by atoms with E-state index in [2.05, 4.69) is 20.5 Å². The van der Waals surface area contributed by atoms with Gasteiger partial charge in [0.15, 0.2) is 6.54 Å². The third kappa shape index (κ3) is 3.99. The fraction of sp³-hybridized carbons (Fsp3) is 0.750. The molecule has 0 spiro atoms. The normalized spacial score (nSPS) is 17.6. The molecule has 2 rings (SSSR count). The molecule has 0 aromatic carbocycles. The summed E-state index contributed by atoms with van der Waals surface area (Å²) in [7, 11) is 1.83. The van der Waals surface area contributed by atoms with Crippen LogP contribution in [0.3, 0.4) is 0 Å². The third-order valence-corrected chi connectivity index (χ3v) is 3.12. The molecule has 1 saturated heterocycles. The fourth-order valence-electron chi connectivity index (χ4n) is 2.10. The van der Waals surface area contributed by atoms with Gasteiger partial charge in [-0.1, -0.05) is 0 Å². The van der Waals surface area contributed by atoms with Crippen LogP contribution in [0.25, 0.3) is 0 Å². The lowest BCUT2D eigenvalue weighted by Crippen LogP contribution is -2.47. The SMILES string of the molecule is CNCc1c(/N=C(/C)[O-])on[n+]1CCN1CCOCC1. The zero-order valence-corrected chi connectivity index (χ0v) is 12.0. The van der Waals surface area contributed by atoms with E-state index in [1.54, 1.807) is 4.68 Å². The number of nitrogens with zero attached hydrogens (tertiary/aromatic N) is 4. The molecule has 112 valence electrons. The molecule has 20 heavy (non-hydrogen) atoms. The van der Waals surface area contributed by atoms with Crippen molar-refractivity contribution in [3.8, 4) is 0 Å². The second-order valence-electron chi connectivity index (χ2n) is 4.66. The van der Waals surface area contributed by atoms with Gasteiger partial charge in [-0.25, -0.2) is 4.99 Å². The van der Waals surface area contributed by atoms with Crippen LogP contribution in [-0.4, -0.2) is 56.0 Å². The first kappa shape index (κ1) is 14.9. The number of nitrogens with one attached hydrogen (secondary N) is 1. The fourth-order valence-corrected chi connectivity index (χ4v) is 2.10. The molecule has 1 fully saturated rings. The molecular weight excluding hydrogens is 262 g/mol. The Morgan fingerprint density at radius 2 is 2.25 bits per heavy atom. The van der Waals surface area contributed by atoms with Crippen molar-refractivity contribution in [1.29, 1.82) is 0 Å². The van der Waals surface area contributed by atoms with Crippen LogP contribution in [0, 0.1) is 0 Å². The van der Waals surface area contributed by atoms with Gasteiger partial charge >= 0.3 is 5.88 Å². The highest BCUT2D eigenvalue weighted by Gasteiger charge is 2.24. The minimum Gasteiger partial charge on any atom is -0.862 e. The van der Waals surface area contributed by atoms with Crippen molar-refractivity contribution < 1.29 is 19.0 Å². The van der Waals surface area contributed by atoms with E-state index in [4.69, 9.17) is 9.26 Å². The monoisotopic (exact) mass is 283 g/mol. The summed E-state index contributed by atoms with van der Waals surface area (Å²) in [6.07, 6.45) is 0. The maximum atomic E-state index is 11.1. The first-order valence-corrected chi connectivity index (χ1v) is 6.76. The standard InChI is InChI=1S/C12H21N5O3/c1-10(18)14-12-11(9-13-2)17(15-20-12)4-3-16-5-7-19-8-6-16/h13H,3-9H2,1-2H3. The average Bonchev–Trinajstić information content (AvgIpc) is 2.80. The topological polar surface area (TPSA) is 89.8 Å². The number of morpholine rings is 1. The van der Waals surface area contributed by atoms with Crippen LogP contribution in [0.5, 0.6) is 0 Å². The summed E-state index contributed by atoms with van der Waals surface area (Å²) in [5, 5.41) is 18.1. The van der Waals surface area contributed by atoms with Crippen molar-refractivity contribution in [2.24, 2.45) is 4.99 Å². The maximum absolute atomic E-state index is 11.1. The van der Waals surface area contributed by atoms with Gasteiger partial charge in [0.2, 0.25) is 5.27 Å². The van der Waals surface area contributed by atoms with Crippen molar-refractivity contribution in [2.75, 3.05) is 39.9 Å². The van der Waals surface area contributed by atoms with E-state index in [1.165, 1.54) is 6.92 Å². The Morgan fingerprint density at radius 3 is 2.90 bits per heavy atom. The highest BCUT2D eigenvalue weighted by atomic mass is 16.5. The summed E-state index contributed by atoms with van der Waals surface area (Å²) in [5.74, 6) is -0.00680. The maximum Gasteiger partial charge on any atom is 0.325 e. The summed E-state index contributed by atoms with van der Waals surface area (Å²) < 4.78 is 12.2. The third-order valence-electron chi connectivity index (χ3n) is 3.12. The number of ether oxygens (including phenoxy) is 1. The van der Waals surface area contributed by atoms with Crippen LogP contribution in [0.15, 0.2) is 9.52 Å². The summed E-state index contributed by atoms with van der Waals surface area (Å²) in [6.45, 7) is 6.94. The van der Waals surface area contributed by atoms with Gasteiger partial charge in [-0.3, -0.25) is 9.42 Å². The number of rotatable bonds is 6. The van der Waals surface area contributed by atoms with Crippen LogP contribution in [0.1, 0.15) is 12.6 Å². The molecule has 0 amide bonds. The van der Waals surface area contributed by atoms with Gasteiger partial charge in [0.25, 0.3) is 5.69 Å². The van der Waals surface area contributed by atoms with Crippen LogP contribution in [0.4, 0.5) is 5.88 Å². The highest BCUT2D eigenvalue weighted by Crippen LogP contribution is 2.14. The quantitative estimate of drug-likeness (QED) is 0.385. The van der Waals surface area contributed by atoms with Crippen molar-refractivity contribution in [3.63, 3.8) is 0 Å². The number of hydrogen-bond donors (Lipinski definition) is 1. The van der Waals surface area contributed by atoms with Gasteiger partial charge in [-0.15, -0.1) is 0 Å². The Morgan fingerprint density at radius 1 is 1.50 bits per heavy atom. The molecule has 0 aliphatic carbocycles. The van der Waals surface area contributed by atoms with Crippen LogP contribution < -0.4 is 15.1 Å². The molecule has 1 aromatic rings. The highest BCUT2D eigenvalue weighted by molar-refractivity contribution is 5.71. The Labute approximate surface area is 118 Å². The van der Waals surface area contributed by atoms with Gasteiger partial charge in [-0.2, -0.15) is 0 Å². The molecule has 2 heterocycles. The Kier molecular flexibility index (Phi) is 5.45. The largest absolute Gasteiger partial charge is 0.862 e. The van der Waals surface area contributed by atoms with E-state index in [0.29, 0.717) is 13.1 Å². The van der Waals surface area contributed by atoms with Crippen LogP contribution in [-0.2, 0) is 17.8 Å². The average molecular weight is 283 g/mol. The van der Waals surface area contributed by atoms with Crippen molar-refractivity contribution in [1.82, 2.24) is 15.5 Å². The predicted molar refractivity (Wildman–Crippen MR) is 69.5 cm³/mol. The number of hydrogen-bond acceptors (Lipinski definition) is 7. The lowest BCUT2D eigenvalue weighted by molar-refractivity contribution is -0.767. The van der Waals surface area contributed by atoms with Crippen molar-refractivity contribution in [3.05, 3.63) is 5.69 Å². The van der Waals surface area contributed by atoms with Crippen molar-refractivity contribution >= 4 is 11.8 Å². The first-order valence-electron chi connectivity index (χ1n) is 6.76. The van der Waals surface area contributed by atoms with E-state index in [1.807, 2.05) is 7.05 Å². The molecule has 1 aliphatic rings. The molecule has 1 N–H and O–H groups in total. The second-order valence-corrected chi connectivity index (χ2v) is 4.66. The van der Waals surface area contributed by atoms with Gasteiger partial charge in [0.05, 0.1) is 26.3 Å². The van der Waals surface area contributed by atoms with E-state index in [0.717, 1.165) is 38.5 Å². The molecule has 0 unspecified atom stereocenters. The van der Waals surface area contributed by atoms with Gasteiger partial charge < -0.3 is 15.2 Å². The Hall–Kier alpha value is -1.51. The molecule has 0 bridgehead atoms. The molecule has 1 aliphatic heterocycles. The minimum atomic E-state index is -0.293. The Bertz CT molecular complexity index is 450. The lowest BCUT2D eigenvalue weighted by Gasteiger charge is -2.24. The second kappa shape index (κ2) is 7.32. The summed E-state index contributed by atoms with van der Waals surface area (Å²) in [4.78, 5) is 6.15. The molecular formula is C12H21N5O3. The summed E-state index contributed by atoms with van der Waals surface area (Å²) in [6, 6.07) is 0. The minimum absolute atomic E-state index is 0.286. The predicted octanol–water partition coefficient (Wildman–Crippen LogP) is -1.58. The number of aliphatic imine (C=N–C) groups is 1. The van der Waals surface area contributed by atoms with Crippen molar-refractivity contribution in [2.45, 2.75) is 20.0 Å². The molecule has 8 nitrogen and oxygen atoms in total. The van der Waals surface area contributed by atoms with Crippen LogP contribution in [0.2, 0.25) is 0 Å². The zero-order chi connectivity index (χ0) is 14.4. The van der Waals surface area contributed by atoms with Crippen LogP contribution >= 0.6 is 0 Å². The molecule has 1 aromatic heterocycles. The van der Waals surface area contributed by atoms with E-state index in [9.17, 15) is 5.11 Å². The number of aromatic nitrogens is 2. The lowest BCUT2D eigenvalue weighted by atomic mass is 10.4. The van der Waals surface area contributed by atoms with Gasteiger partial charge in [0, 0.05) is 13.1 Å². The van der Waals surface area contributed by atoms with Gasteiger partial charge in [0.1, 0.15) is 0 Å². The zero-order valence-electron chi connectivity index (χ0n) is 12.0. The summed E-state index contributed by atoms with van der Waals surface area (Å²) >= 11 is 0. The Balaban J connectivity index is 2.02. The molecule has 0 radical (unpaired) electrons. The first-order chi connectivity index (χ1) is 9.70. The smallest absolute Gasteiger partial charge is 0.325 e. The van der Waals surface area contributed by atoms with Gasteiger partial charge in [-0.05, 0) is 24.6 Å². The molecule has 0 saturated carbocycles. The summed E-state index contributed by atoms with van der Waals surface area (Å²) in [5.41, 5.74) is 0.788. The molecule has 8 heteroatoms.